The largest absolute Gasteiger partial charge is 0.451 e. The van der Waals surface area contributed by atoms with E-state index in [1.807, 2.05) is 43.3 Å². The highest BCUT2D eigenvalue weighted by molar-refractivity contribution is 7.80. The number of carbonyl (C=O) groups excluding carboxylic acids is 1. The van der Waals surface area contributed by atoms with Gasteiger partial charge in [-0.2, -0.15) is 4.80 Å². The second-order valence-electron chi connectivity index (χ2n) is 8.92. The summed E-state index contributed by atoms with van der Waals surface area (Å²) in [5.41, 5.74) is 5.88. The van der Waals surface area contributed by atoms with E-state index in [4.69, 9.17) is 28.2 Å². The SMILES string of the molecule is CCN(CC)c1ccc(-n2nc3cc(C)c(NC(=S)NC(=O)c4ccc(-c5cccc(Cl)c5)o4)cc3n2)cc1. The van der Waals surface area contributed by atoms with Gasteiger partial charge in [0, 0.05) is 35.1 Å². The van der Waals surface area contributed by atoms with Crippen molar-refractivity contribution in [3.63, 3.8) is 0 Å². The van der Waals surface area contributed by atoms with Crippen LogP contribution in [0.25, 0.3) is 28.0 Å². The molecule has 0 aliphatic carbocycles. The Morgan fingerprint density at radius 3 is 2.41 bits per heavy atom. The Kier molecular flexibility index (Phi) is 7.63. The number of hydrogen-bond acceptors (Lipinski definition) is 6. The Balaban J connectivity index is 1.28. The molecule has 5 aromatic rings. The second-order valence-corrected chi connectivity index (χ2v) is 9.76. The van der Waals surface area contributed by atoms with Crippen molar-refractivity contribution in [1.29, 1.82) is 0 Å². The average Bonchev–Trinajstić information content (AvgIpc) is 3.58. The van der Waals surface area contributed by atoms with E-state index in [1.54, 1.807) is 29.1 Å². The number of anilines is 2. The summed E-state index contributed by atoms with van der Waals surface area (Å²) in [6, 6.07) is 22.5. The summed E-state index contributed by atoms with van der Waals surface area (Å²) in [6.07, 6.45) is 0. The number of hydrogen-bond donors (Lipinski definition) is 2. The Bertz CT molecular complexity index is 1660. The zero-order valence-electron chi connectivity index (χ0n) is 21.7. The minimum absolute atomic E-state index is 0.135. The third-order valence-corrected chi connectivity index (χ3v) is 6.79. The van der Waals surface area contributed by atoms with E-state index in [9.17, 15) is 4.79 Å². The summed E-state index contributed by atoms with van der Waals surface area (Å²) in [4.78, 5) is 16.6. The topological polar surface area (TPSA) is 88.2 Å². The lowest BCUT2D eigenvalue weighted by atomic mass is 10.2. The highest BCUT2D eigenvalue weighted by Gasteiger charge is 2.15. The zero-order chi connectivity index (χ0) is 27.5. The smallest absolute Gasteiger partial charge is 0.293 e. The van der Waals surface area contributed by atoms with Crippen molar-refractivity contribution in [1.82, 2.24) is 20.3 Å². The van der Waals surface area contributed by atoms with Gasteiger partial charge in [0.1, 0.15) is 16.8 Å². The van der Waals surface area contributed by atoms with Crippen LogP contribution in [-0.4, -0.2) is 39.1 Å². The van der Waals surface area contributed by atoms with Crippen molar-refractivity contribution in [2.75, 3.05) is 23.3 Å². The number of aryl methyl sites for hydroxylation is 1. The quantitative estimate of drug-likeness (QED) is 0.217. The Hall–Kier alpha value is -4.21. The number of carbonyl (C=O) groups is 1. The molecule has 0 aliphatic heterocycles. The molecule has 1 amide bonds. The maximum atomic E-state index is 12.7. The molecule has 2 heterocycles. The van der Waals surface area contributed by atoms with Crippen LogP contribution in [0.1, 0.15) is 30.0 Å². The fourth-order valence-electron chi connectivity index (χ4n) is 4.28. The van der Waals surface area contributed by atoms with Crippen molar-refractivity contribution >= 4 is 57.2 Å². The van der Waals surface area contributed by atoms with E-state index >= 15 is 0 Å². The standard InChI is InChI=1S/C29H27ClN6O2S/c1-4-35(5-2)21-9-11-22(12-10-21)36-33-24-15-18(3)23(17-25(24)34-36)31-29(39)32-28(37)27-14-13-26(38-27)19-7-6-8-20(30)16-19/h6-17H,4-5H2,1-3H3,(H2,31,32,37,39). The predicted molar refractivity (Wildman–Crippen MR) is 160 cm³/mol. The Morgan fingerprint density at radius 2 is 1.72 bits per heavy atom. The van der Waals surface area contributed by atoms with Gasteiger partial charge in [0.15, 0.2) is 10.9 Å². The first-order valence-corrected chi connectivity index (χ1v) is 13.3. The van der Waals surface area contributed by atoms with Gasteiger partial charge in [-0.3, -0.25) is 10.1 Å². The normalized spacial score (nSPS) is 11.0. The number of amides is 1. The number of rotatable bonds is 7. The first-order valence-electron chi connectivity index (χ1n) is 12.6. The number of thiocarbonyl (C=S) groups is 1. The van der Waals surface area contributed by atoms with Crippen LogP contribution in [0.2, 0.25) is 5.02 Å². The van der Waals surface area contributed by atoms with Crippen LogP contribution < -0.4 is 15.5 Å². The molecule has 0 atom stereocenters. The lowest BCUT2D eigenvalue weighted by Gasteiger charge is -2.20. The van der Waals surface area contributed by atoms with Gasteiger partial charge in [0.05, 0.1) is 5.69 Å². The summed E-state index contributed by atoms with van der Waals surface area (Å²) in [7, 11) is 0. The molecule has 2 N–H and O–H groups in total. The first kappa shape index (κ1) is 26.4. The van der Waals surface area contributed by atoms with Crippen LogP contribution in [0, 0.1) is 6.92 Å². The van der Waals surface area contributed by atoms with Crippen molar-refractivity contribution in [3.05, 3.63) is 89.1 Å². The number of benzene rings is 3. The molecule has 39 heavy (non-hydrogen) atoms. The highest BCUT2D eigenvalue weighted by atomic mass is 35.5. The zero-order valence-corrected chi connectivity index (χ0v) is 23.3. The van der Waals surface area contributed by atoms with Gasteiger partial charge in [-0.05, 0) is 99.2 Å². The van der Waals surface area contributed by atoms with Crippen LogP contribution in [-0.2, 0) is 0 Å². The van der Waals surface area contributed by atoms with Crippen molar-refractivity contribution < 1.29 is 9.21 Å². The van der Waals surface area contributed by atoms with Gasteiger partial charge in [0.2, 0.25) is 0 Å². The molecule has 5 rings (SSSR count). The molecule has 198 valence electrons. The fourth-order valence-corrected chi connectivity index (χ4v) is 4.67. The van der Waals surface area contributed by atoms with Gasteiger partial charge in [-0.15, -0.1) is 10.2 Å². The molecule has 0 bridgehead atoms. The minimum Gasteiger partial charge on any atom is -0.451 e. The van der Waals surface area contributed by atoms with E-state index in [0.717, 1.165) is 46.8 Å². The monoisotopic (exact) mass is 558 g/mol. The fraction of sp³-hybridized carbons (Fsp3) is 0.172. The maximum Gasteiger partial charge on any atom is 0.293 e. The molecular formula is C29H27ClN6O2S. The molecule has 0 saturated carbocycles. The number of aromatic nitrogens is 3. The van der Waals surface area contributed by atoms with E-state index < -0.39 is 5.91 Å². The molecule has 8 nitrogen and oxygen atoms in total. The molecule has 0 unspecified atom stereocenters. The van der Waals surface area contributed by atoms with Crippen LogP contribution in [0.4, 0.5) is 11.4 Å². The number of nitrogens with one attached hydrogen (secondary N) is 2. The molecule has 0 spiro atoms. The Labute approximate surface area is 236 Å². The molecule has 0 aliphatic rings. The van der Waals surface area contributed by atoms with Gasteiger partial charge in [-0.25, -0.2) is 0 Å². The van der Waals surface area contributed by atoms with Crippen LogP contribution >= 0.6 is 23.8 Å². The predicted octanol–water partition coefficient (Wildman–Crippen LogP) is 6.62. The van der Waals surface area contributed by atoms with Crippen molar-refractivity contribution in [3.8, 4) is 17.0 Å². The molecular weight excluding hydrogens is 532 g/mol. The molecule has 2 aromatic heterocycles. The second kappa shape index (κ2) is 11.3. The van der Waals surface area contributed by atoms with Gasteiger partial charge in [-0.1, -0.05) is 23.7 Å². The van der Waals surface area contributed by atoms with Crippen molar-refractivity contribution in [2.24, 2.45) is 0 Å². The molecule has 3 aromatic carbocycles. The maximum absolute atomic E-state index is 12.7. The average molecular weight is 559 g/mol. The number of halogens is 1. The lowest BCUT2D eigenvalue weighted by Crippen LogP contribution is -2.34. The number of fused-ring (bicyclic) bond motifs is 1. The molecule has 0 fully saturated rings. The summed E-state index contributed by atoms with van der Waals surface area (Å²) in [5, 5.41) is 15.8. The van der Waals surface area contributed by atoms with E-state index in [1.165, 1.54) is 0 Å². The van der Waals surface area contributed by atoms with Crippen LogP contribution in [0.3, 0.4) is 0 Å². The molecule has 0 radical (unpaired) electrons. The van der Waals surface area contributed by atoms with E-state index in [0.29, 0.717) is 16.3 Å². The molecule has 0 saturated heterocycles. The van der Waals surface area contributed by atoms with Gasteiger partial charge < -0.3 is 14.6 Å². The number of furan rings is 1. The van der Waals surface area contributed by atoms with Crippen LogP contribution in [0.15, 0.2) is 77.2 Å². The molecule has 10 heteroatoms. The third-order valence-electron chi connectivity index (χ3n) is 6.35. The summed E-state index contributed by atoms with van der Waals surface area (Å²) >= 11 is 11.5. The number of nitrogens with zero attached hydrogens (tertiary/aromatic N) is 4. The minimum atomic E-state index is -0.460. The van der Waals surface area contributed by atoms with Gasteiger partial charge >= 0.3 is 0 Å². The summed E-state index contributed by atoms with van der Waals surface area (Å²) in [5.74, 6) is 0.212. The Morgan fingerprint density at radius 1 is 1.00 bits per heavy atom. The first-order chi connectivity index (χ1) is 18.8. The lowest BCUT2D eigenvalue weighted by molar-refractivity contribution is 0.0951. The van der Waals surface area contributed by atoms with Gasteiger partial charge in [0.25, 0.3) is 5.91 Å². The van der Waals surface area contributed by atoms with Crippen LogP contribution in [0.5, 0.6) is 0 Å². The third kappa shape index (κ3) is 5.79. The van der Waals surface area contributed by atoms with E-state index in [-0.39, 0.29) is 10.9 Å². The summed E-state index contributed by atoms with van der Waals surface area (Å²) < 4.78 is 5.72. The van der Waals surface area contributed by atoms with Crippen molar-refractivity contribution in [2.45, 2.75) is 20.8 Å². The van der Waals surface area contributed by atoms with E-state index in [2.05, 4.69) is 51.7 Å². The highest BCUT2D eigenvalue weighted by Crippen LogP contribution is 2.26. The summed E-state index contributed by atoms with van der Waals surface area (Å²) in [6.45, 7) is 8.11.